The van der Waals surface area contributed by atoms with Gasteiger partial charge in [-0.3, -0.25) is 4.79 Å². The van der Waals surface area contributed by atoms with E-state index in [9.17, 15) is 4.79 Å². The molecule has 17 heavy (non-hydrogen) atoms. The predicted octanol–water partition coefficient (Wildman–Crippen LogP) is 2.06. The molecule has 0 aliphatic carbocycles. The lowest BCUT2D eigenvalue weighted by molar-refractivity contribution is -0.125. The largest absolute Gasteiger partial charge is 0.466 e. The first-order valence-corrected chi connectivity index (χ1v) is 5.95. The van der Waals surface area contributed by atoms with E-state index in [0.29, 0.717) is 0 Å². The van der Waals surface area contributed by atoms with Crippen molar-refractivity contribution in [1.82, 2.24) is 5.32 Å². The number of nitrogens with one attached hydrogen (secondary N) is 1. The number of hydrogen-bond acceptors (Lipinski definition) is 3. The van der Waals surface area contributed by atoms with Gasteiger partial charge in [-0.25, -0.2) is 0 Å². The Morgan fingerprint density at radius 2 is 1.94 bits per heavy atom. The van der Waals surface area contributed by atoms with Gasteiger partial charge < -0.3 is 15.5 Å². The van der Waals surface area contributed by atoms with Gasteiger partial charge in [0.2, 0.25) is 5.91 Å². The number of amides is 1. The monoisotopic (exact) mass is 238 g/mol. The zero-order chi connectivity index (χ0) is 13.2. The normalized spacial score (nSPS) is 16.4. The highest BCUT2D eigenvalue weighted by molar-refractivity contribution is 5.79. The van der Waals surface area contributed by atoms with Gasteiger partial charge in [-0.05, 0) is 33.8 Å². The molecule has 3 unspecified atom stereocenters. The zero-order valence-electron chi connectivity index (χ0n) is 11.2. The van der Waals surface area contributed by atoms with Crippen LogP contribution in [0.3, 0.4) is 0 Å². The number of carbonyl (C=O) groups is 1. The summed E-state index contributed by atoms with van der Waals surface area (Å²) in [5.41, 5.74) is 6.73. The fourth-order valence-corrected chi connectivity index (χ4v) is 1.74. The summed E-state index contributed by atoms with van der Waals surface area (Å²) in [6.07, 6.45) is 0. The minimum Gasteiger partial charge on any atom is -0.466 e. The third-order valence-corrected chi connectivity index (χ3v) is 3.11. The number of carbonyl (C=O) groups excluding carboxylic acids is 1. The summed E-state index contributed by atoms with van der Waals surface area (Å²) in [5, 5.41) is 2.95. The average molecular weight is 238 g/mol. The van der Waals surface area contributed by atoms with Crippen LogP contribution in [-0.4, -0.2) is 11.9 Å². The van der Waals surface area contributed by atoms with Crippen molar-refractivity contribution in [1.29, 1.82) is 0 Å². The summed E-state index contributed by atoms with van der Waals surface area (Å²) >= 11 is 0. The van der Waals surface area contributed by atoms with Crippen LogP contribution in [-0.2, 0) is 4.79 Å². The average Bonchev–Trinajstić information content (AvgIpc) is 2.56. The lowest BCUT2D eigenvalue weighted by atomic mass is 10.0. The molecule has 0 bridgehead atoms. The molecule has 0 aromatic carbocycles. The maximum Gasteiger partial charge on any atom is 0.224 e. The maximum absolute atomic E-state index is 11.9. The van der Waals surface area contributed by atoms with E-state index >= 15 is 0 Å². The molecule has 4 nitrogen and oxygen atoms in total. The van der Waals surface area contributed by atoms with Crippen molar-refractivity contribution < 1.29 is 9.21 Å². The first-order valence-electron chi connectivity index (χ1n) is 5.95. The lowest BCUT2D eigenvalue weighted by Gasteiger charge is -2.19. The van der Waals surface area contributed by atoms with E-state index in [2.05, 4.69) is 5.32 Å². The Morgan fingerprint density at radius 1 is 1.35 bits per heavy atom. The molecule has 4 heteroatoms. The van der Waals surface area contributed by atoms with Gasteiger partial charge in [-0.1, -0.05) is 6.92 Å². The van der Waals surface area contributed by atoms with Crippen molar-refractivity contribution in [2.45, 2.75) is 46.7 Å². The van der Waals surface area contributed by atoms with Gasteiger partial charge >= 0.3 is 0 Å². The highest BCUT2D eigenvalue weighted by Crippen LogP contribution is 2.21. The Kier molecular flexibility index (Phi) is 4.34. The van der Waals surface area contributed by atoms with Gasteiger partial charge in [0.05, 0.1) is 6.04 Å². The summed E-state index contributed by atoms with van der Waals surface area (Å²) in [5.74, 6) is 1.50. The van der Waals surface area contributed by atoms with Crippen molar-refractivity contribution in [3.05, 3.63) is 23.2 Å². The predicted molar refractivity (Wildman–Crippen MR) is 67.6 cm³/mol. The standard InChI is InChI=1S/C13H22N2O2/c1-7-6-12(11(5)17-7)10(4)15-13(16)8(2)9(3)14/h6,8-10H,14H2,1-5H3,(H,15,16). The Labute approximate surface area is 103 Å². The van der Waals surface area contributed by atoms with Crippen molar-refractivity contribution in [2.24, 2.45) is 11.7 Å². The number of aryl methyl sites for hydroxylation is 2. The zero-order valence-corrected chi connectivity index (χ0v) is 11.2. The van der Waals surface area contributed by atoms with Gasteiger partial charge in [-0.15, -0.1) is 0 Å². The molecule has 0 fully saturated rings. The quantitative estimate of drug-likeness (QED) is 0.843. The second-order valence-electron chi connectivity index (χ2n) is 4.75. The smallest absolute Gasteiger partial charge is 0.224 e. The van der Waals surface area contributed by atoms with Gasteiger partial charge in [-0.2, -0.15) is 0 Å². The number of furan rings is 1. The van der Waals surface area contributed by atoms with Crippen LogP contribution in [0.15, 0.2) is 10.5 Å². The van der Waals surface area contributed by atoms with Crippen LogP contribution in [0.25, 0.3) is 0 Å². The first-order chi connectivity index (χ1) is 7.82. The molecule has 0 saturated carbocycles. The van der Waals surface area contributed by atoms with E-state index in [4.69, 9.17) is 10.2 Å². The molecular formula is C13H22N2O2. The Hall–Kier alpha value is -1.29. The van der Waals surface area contributed by atoms with E-state index in [1.807, 2.05) is 40.7 Å². The summed E-state index contributed by atoms with van der Waals surface area (Å²) < 4.78 is 5.45. The van der Waals surface area contributed by atoms with Crippen LogP contribution in [0.2, 0.25) is 0 Å². The third kappa shape index (κ3) is 3.33. The van der Waals surface area contributed by atoms with Crippen molar-refractivity contribution in [3.63, 3.8) is 0 Å². The molecule has 0 aliphatic rings. The van der Waals surface area contributed by atoms with Crippen LogP contribution < -0.4 is 11.1 Å². The summed E-state index contributed by atoms with van der Waals surface area (Å²) in [6, 6.07) is 1.76. The molecule has 1 aromatic rings. The van der Waals surface area contributed by atoms with Crippen LogP contribution >= 0.6 is 0 Å². The van der Waals surface area contributed by atoms with Crippen LogP contribution in [0.4, 0.5) is 0 Å². The fourth-order valence-electron chi connectivity index (χ4n) is 1.74. The van der Waals surface area contributed by atoms with Crippen LogP contribution in [0, 0.1) is 19.8 Å². The lowest BCUT2D eigenvalue weighted by Crippen LogP contribution is -2.39. The first kappa shape index (κ1) is 13.8. The van der Waals surface area contributed by atoms with E-state index in [-0.39, 0.29) is 23.9 Å². The molecule has 0 saturated heterocycles. The molecule has 3 atom stereocenters. The molecule has 1 rings (SSSR count). The SMILES string of the molecule is Cc1cc(C(C)NC(=O)C(C)C(C)N)c(C)o1. The Balaban J connectivity index is 2.70. The number of hydrogen-bond donors (Lipinski definition) is 2. The van der Waals surface area contributed by atoms with Gasteiger partial charge in [0.25, 0.3) is 0 Å². The highest BCUT2D eigenvalue weighted by atomic mass is 16.3. The van der Waals surface area contributed by atoms with Gasteiger partial charge in [0.15, 0.2) is 0 Å². The molecular weight excluding hydrogens is 216 g/mol. The second kappa shape index (κ2) is 5.36. The molecule has 0 aliphatic heterocycles. The van der Waals surface area contributed by atoms with Crippen molar-refractivity contribution in [2.75, 3.05) is 0 Å². The van der Waals surface area contributed by atoms with Crippen LogP contribution in [0.5, 0.6) is 0 Å². The van der Waals surface area contributed by atoms with E-state index in [1.165, 1.54) is 0 Å². The summed E-state index contributed by atoms with van der Waals surface area (Å²) in [4.78, 5) is 11.9. The number of nitrogens with two attached hydrogens (primary N) is 1. The van der Waals surface area contributed by atoms with E-state index in [1.54, 1.807) is 0 Å². The minimum absolute atomic E-state index is 0.0225. The molecule has 96 valence electrons. The van der Waals surface area contributed by atoms with Crippen molar-refractivity contribution >= 4 is 5.91 Å². The molecule has 3 N–H and O–H groups in total. The van der Waals surface area contributed by atoms with E-state index < -0.39 is 0 Å². The summed E-state index contributed by atoms with van der Waals surface area (Å²) in [6.45, 7) is 9.42. The maximum atomic E-state index is 11.9. The van der Waals surface area contributed by atoms with Gasteiger partial charge in [0, 0.05) is 17.5 Å². The Bertz CT molecular complexity index is 396. The topological polar surface area (TPSA) is 68.3 Å². The van der Waals surface area contributed by atoms with Crippen molar-refractivity contribution in [3.8, 4) is 0 Å². The fraction of sp³-hybridized carbons (Fsp3) is 0.615. The molecule has 1 aromatic heterocycles. The molecule has 1 amide bonds. The number of rotatable bonds is 4. The molecule has 1 heterocycles. The summed E-state index contributed by atoms with van der Waals surface area (Å²) in [7, 11) is 0. The van der Waals surface area contributed by atoms with Crippen LogP contribution in [0.1, 0.15) is 43.9 Å². The highest BCUT2D eigenvalue weighted by Gasteiger charge is 2.21. The molecule has 0 spiro atoms. The molecule has 0 radical (unpaired) electrons. The van der Waals surface area contributed by atoms with Gasteiger partial charge in [0.1, 0.15) is 11.5 Å². The van der Waals surface area contributed by atoms with E-state index in [0.717, 1.165) is 17.1 Å². The second-order valence-corrected chi connectivity index (χ2v) is 4.75. The minimum atomic E-state index is -0.189. The third-order valence-electron chi connectivity index (χ3n) is 3.11. The Morgan fingerprint density at radius 3 is 2.35 bits per heavy atom.